The van der Waals surface area contributed by atoms with Gasteiger partial charge in [0.25, 0.3) is 0 Å². The molecule has 0 saturated carbocycles. The molecule has 25 heavy (non-hydrogen) atoms. The number of sulfone groups is 1. The molecular formula is C18H17ClN2O3S. The van der Waals surface area contributed by atoms with Crippen LogP contribution in [0.15, 0.2) is 48.5 Å². The molecule has 130 valence electrons. The standard InChI is InChI=1S/C18H17ClN2O3S/c1-12-3-2-4-15(9-12)21-17-11-25(23,24)10-16(17)20(18(21)22)14-7-5-13(19)6-8-14/h2-9,16-17H,10-11H2,1H3/t16-,17+/m0/s1. The number of amides is 2. The number of carbonyl (C=O) groups excluding carboxylic acids is 1. The first kappa shape index (κ1) is 16.4. The van der Waals surface area contributed by atoms with Gasteiger partial charge in [0.1, 0.15) is 0 Å². The van der Waals surface area contributed by atoms with Crippen LogP contribution in [0.25, 0.3) is 0 Å². The summed E-state index contributed by atoms with van der Waals surface area (Å²) in [7, 11) is -3.19. The molecule has 2 amide bonds. The second-order valence-electron chi connectivity index (χ2n) is 6.55. The van der Waals surface area contributed by atoms with Gasteiger partial charge in [0.05, 0.1) is 23.6 Å². The van der Waals surface area contributed by atoms with E-state index in [4.69, 9.17) is 11.6 Å². The largest absolute Gasteiger partial charge is 0.329 e. The van der Waals surface area contributed by atoms with Crippen LogP contribution < -0.4 is 9.80 Å². The number of nitrogens with zero attached hydrogens (tertiary/aromatic N) is 2. The Morgan fingerprint density at radius 1 is 0.960 bits per heavy atom. The summed E-state index contributed by atoms with van der Waals surface area (Å²) in [4.78, 5) is 16.4. The lowest BCUT2D eigenvalue weighted by atomic mass is 10.1. The maximum Gasteiger partial charge on any atom is 0.329 e. The average Bonchev–Trinajstić information content (AvgIpc) is 2.97. The summed E-state index contributed by atoms with van der Waals surface area (Å²) in [6.45, 7) is 1.95. The van der Waals surface area contributed by atoms with Gasteiger partial charge in [-0.15, -0.1) is 0 Å². The molecule has 0 aromatic heterocycles. The molecule has 2 aromatic rings. The zero-order valence-electron chi connectivity index (χ0n) is 13.6. The predicted octanol–water partition coefficient (Wildman–Crippen LogP) is 3.26. The lowest BCUT2D eigenvalue weighted by Crippen LogP contribution is -2.37. The first-order valence-corrected chi connectivity index (χ1v) is 10.2. The number of halogens is 1. The molecule has 2 aliphatic heterocycles. The first-order chi connectivity index (χ1) is 11.9. The third-order valence-electron chi connectivity index (χ3n) is 4.75. The van der Waals surface area contributed by atoms with Crippen LogP contribution in [0, 0.1) is 6.92 Å². The number of hydrogen-bond donors (Lipinski definition) is 0. The molecule has 2 fully saturated rings. The third-order valence-corrected chi connectivity index (χ3v) is 6.70. The van der Waals surface area contributed by atoms with Gasteiger partial charge in [0.2, 0.25) is 0 Å². The van der Waals surface area contributed by atoms with E-state index in [1.807, 2.05) is 31.2 Å². The van der Waals surface area contributed by atoms with Gasteiger partial charge in [0.15, 0.2) is 9.84 Å². The Labute approximate surface area is 151 Å². The van der Waals surface area contributed by atoms with E-state index >= 15 is 0 Å². The summed E-state index contributed by atoms with van der Waals surface area (Å²) >= 11 is 5.94. The maximum atomic E-state index is 13.2. The molecule has 0 radical (unpaired) electrons. The number of rotatable bonds is 2. The summed E-state index contributed by atoms with van der Waals surface area (Å²) in [5.74, 6) is -0.0320. The normalized spacial score (nSPS) is 24.6. The SMILES string of the molecule is Cc1cccc(N2C(=O)N(c3ccc(Cl)cc3)[C@H]3CS(=O)(=O)C[C@H]32)c1. The van der Waals surface area contributed by atoms with Crippen LogP contribution in [0.1, 0.15) is 5.56 Å². The molecule has 0 aliphatic carbocycles. The number of fused-ring (bicyclic) bond motifs is 1. The smallest absolute Gasteiger partial charge is 0.288 e. The summed E-state index contributed by atoms with van der Waals surface area (Å²) in [6.07, 6.45) is 0. The van der Waals surface area contributed by atoms with Crippen LogP contribution in [0.2, 0.25) is 5.02 Å². The maximum absolute atomic E-state index is 13.2. The van der Waals surface area contributed by atoms with Crippen LogP contribution in [0.4, 0.5) is 16.2 Å². The molecule has 5 nitrogen and oxygen atoms in total. The van der Waals surface area contributed by atoms with Crippen molar-refractivity contribution < 1.29 is 13.2 Å². The van der Waals surface area contributed by atoms with Crippen LogP contribution in [-0.4, -0.2) is 38.0 Å². The Hall–Kier alpha value is -2.05. The van der Waals surface area contributed by atoms with E-state index in [2.05, 4.69) is 0 Å². The third kappa shape index (κ3) is 2.79. The van der Waals surface area contributed by atoms with Crippen molar-refractivity contribution in [3.63, 3.8) is 0 Å². The fraction of sp³-hybridized carbons (Fsp3) is 0.278. The van der Waals surface area contributed by atoms with Gasteiger partial charge in [-0.05, 0) is 48.9 Å². The summed E-state index contributed by atoms with van der Waals surface area (Å²) < 4.78 is 24.5. The van der Waals surface area contributed by atoms with Crippen LogP contribution in [-0.2, 0) is 9.84 Å². The van der Waals surface area contributed by atoms with E-state index < -0.39 is 9.84 Å². The number of anilines is 2. The minimum Gasteiger partial charge on any atom is -0.288 e. The lowest BCUT2D eigenvalue weighted by molar-refractivity contribution is 0.255. The molecule has 2 saturated heterocycles. The quantitative estimate of drug-likeness (QED) is 0.756. The van der Waals surface area contributed by atoms with Crippen molar-refractivity contribution in [2.24, 2.45) is 0 Å². The Bertz CT molecular complexity index is 943. The van der Waals surface area contributed by atoms with E-state index in [9.17, 15) is 13.2 Å². The van der Waals surface area contributed by atoms with Crippen molar-refractivity contribution in [3.8, 4) is 0 Å². The highest BCUT2D eigenvalue weighted by Crippen LogP contribution is 2.38. The van der Waals surface area contributed by atoms with Crippen molar-refractivity contribution in [1.82, 2.24) is 0 Å². The van der Waals surface area contributed by atoms with Crippen LogP contribution in [0.5, 0.6) is 0 Å². The van der Waals surface area contributed by atoms with E-state index in [0.29, 0.717) is 10.7 Å². The van der Waals surface area contributed by atoms with Crippen molar-refractivity contribution in [2.45, 2.75) is 19.0 Å². The van der Waals surface area contributed by atoms with Gasteiger partial charge in [-0.1, -0.05) is 23.7 Å². The van der Waals surface area contributed by atoms with E-state index in [-0.39, 0.29) is 29.6 Å². The van der Waals surface area contributed by atoms with Crippen LogP contribution in [0.3, 0.4) is 0 Å². The number of urea groups is 1. The molecule has 0 spiro atoms. The molecule has 0 N–H and O–H groups in total. The molecule has 7 heteroatoms. The molecule has 2 aliphatic rings. The monoisotopic (exact) mass is 376 g/mol. The average molecular weight is 377 g/mol. The van der Waals surface area contributed by atoms with Crippen molar-refractivity contribution in [1.29, 1.82) is 0 Å². The fourth-order valence-electron chi connectivity index (χ4n) is 3.69. The molecule has 2 heterocycles. The fourth-order valence-corrected chi connectivity index (χ4v) is 5.73. The van der Waals surface area contributed by atoms with E-state index in [1.54, 1.807) is 34.1 Å². The minimum absolute atomic E-state index is 0.0125. The zero-order valence-corrected chi connectivity index (χ0v) is 15.2. The Kier molecular flexibility index (Phi) is 3.77. The Morgan fingerprint density at radius 2 is 1.56 bits per heavy atom. The molecule has 0 unspecified atom stereocenters. The van der Waals surface area contributed by atoms with E-state index in [1.165, 1.54) is 0 Å². The minimum atomic E-state index is -3.19. The summed E-state index contributed by atoms with van der Waals surface area (Å²) in [5, 5.41) is 0.571. The second-order valence-corrected chi connectivity index (χ2v) is 9.14. The molecular weight excluding hydrogens is 360 g/mol. The first-order valence-electron chi connectivity index (χ1n) is 8.01. The molecule has 2 aromatic carbocycles. The van der Waals surface area contributed by atoms with Crippen LogP contribution >= 0.6 is 11.6 Å². The topological polar surface area (TPSA) is 57.7 Å². The molecule has 2 atom stereocenters. The predicted molar refractivity (Wildman–Crippen MR) is 99.2 cm³/mol. The van der Waals surface area contributed by atoms with Crippen molar-refractivity contribution in [2.75, 3.05) is 21.3 Å². The van der Waals surface area contributed by atoms with Crippen molar-refractivity contribution in [3.05, 3.63) is 59.1 Å². The summed E-state index contributed by atoms with van der Waals surface area (Å²) in [6, 6.07) is 13.5. The van der Waals surface area contributed by atoms with Gasteiger partial charge in [-0.3, -0.25) is 9.80 Å². The highest BCUT2D eigenvalue weighted by molar-refractivity contribution is 7.91. The Balaban J connectivity index is 1.81. The van der Waals surface area contributed by atoms with Gasteiger partial charge >= 0.3 is 6.03 Å². The van der Waals surface area contributed by atoms with Gasteiger partial charge in [-0.25, -0.2) is 13.2 Å². The van der Waals surface area contributed by atoms with Gasteiger partial charge < -0.3 is 0 Å². The second kappa shape index (κ2) is 5.75. The number of hydrogen-bond acceptors (Lipinski definition) is 3. The highest BCUT2D eigenvalue weighted by Gasteiger charge is 2.54. The Morgan fingerprint density at radius 3 is 2.16 bits per heavy atom. The number of carbonyl (C=O) groups is 1. The highest BCUT2D eigenvalue weighted by atomic mass is 35.5. The zero-order chi connectivity index (χ0) is 17.8. The number of benzene rings is 2. The molecule has 0 bridgehead atoms. The van der Waals surface area contributed by atoms with Gasteiger partial charge in [0, 0.05) is 16.4 Å². The van der Waals surface area contributed by atoms with Gasteiger partial charge in [-0.2, -0.15) is 0 Å². The van der Waals surface area contributed by atoms with E-state index in [0.717, 1.165) is 11.3 Å². The summed E-state index contributed by atoms with van der Waals surface area (Å²) in [5.41, 5.74) is 2.41. The molecule has 4 rings (SSSR count). The lowest BCUT2D eigenvalue weighted by Gasteiger charge is -2.23. The number of aryl methyl sites for hydroxylation is 1. The van der Waals surface area contributed by atoms with Crippen molar-refractivity contribution >= 4 is 38.8 Å².